The van der Waals surface area contributed by atoms with Crippen LogP contribution in [-0.4, -0.2) is 45.9 Å². The van der Waals surface area contributed by atoms with Gasteiger partial charge in [0.25, 0.3) is 5.56 Å². The van der Waals surface area contributed by atoms with Gasteiger partial charge in [0, 0.05) is 50.7 Å². The Kier molecular flexibility index (Phi) is 6.01. The molecule has 0 aliphatic carbocycles. The lowest BCUT2D eigenvalue weighted by Crippen LogP contribution is -2.43. The van der Waals surface area contributed by atoms with Crippen LogP contribution in [0.2, 0.25) is 0 Å². The van der Waals surface area contributed by atoms with Gasteiger partial charge >= 0.3 is 0 Å². The molecule has 0 bridgehead atoms. The lowest BCUT2D eigenvalue weighted by atomic mass is 9.96. The van der Waals surface area contributed by atoms with Crippen LogP contribution in [0.4, 0.5) is 0 Å². The number of nitrogens with one attached hydrogen (secondary N) is 1. The Morgan fingerprint density at radius 1 is 1.19 bits per heavy atom. The molecule has 0 radical (unpaired) electrons. The first kappa shape index (κ1) is 18.8. The van der Waals surface area contributed by atoms with Gasteiger partial charge in [-0.15, -0.1) is 0 Å². The summed E-state index contributed by atoms with van der Waals surface area (Å²) in [4.78, 5) is 42.0. The molecule has 27 heavy (non-hydrogen) atoms. The molecule has 1 aliphatic heterocycles. The zero-order chi connectivity index (χ0) is 19.2. The Balaban J connectivity index is 1.50. The van der Waals surface area contributed by atoms with Gasteiger partial charge in [-0.1, -0.05) is 30.3 Å². The van der Waals surface area contributed by atoms with Crippen molar-refractivity contribution in [3.63, 3.8) is 0 Å². The van der Waals surface area contributed by atoms with Crippen molar-refractivity contribution in [3.05, 3.63) is 53.1 Å². The number of nitrogens with zero attached hydrogens (tertiary/aromatic N) is 3. The maximum absolute atomic E-state index is 12.3. The van der Waals surface area contributed by atoms with E-state index in [4.69, 9.17) is 0 Å². The van der Waals surface area contributed by atoms with Crippen molar-refractivity contribution in [2.24, 2.45) is 5.92 Å². The van der Waals surface area contributed by atoms with E-state index in [0.717, 1.165) is 5.56 Å². The van der Waals surface area contributed by atoms with Gasteiger partial charge in [-0.3, -0.25) is 19.0 Å². The third kappa shape index (κ3) is 4.81. The van der Waals surface area contributed by atoms with Crippen molar-refractivity contribution in [2.75, 3.05) is 19.6 Å². The van der Waals surface area contributed by atoms with E-state index in [-0.39, 0.29) is 23.3 Å². The third-order valence-electron chi connectivity index (χ3n) is 4.91. The van der Waals surface area contributed by atoms with E-state index >= 15 is 0 Å². The van der Waals surface area contributed by atoms with E-state index in [1.165, 1.54) is 17.0 Å². The number of benzene rings is 1. The molecule has 7 nitrogen and oxygen atoms in total. The average Bonchev–Trinajstić information content (AvgIpc) is 2.69. The van der Waals surface area contributed by atoms with E-state index in [1.54, 1.807) is 11.8 Å². The smallest absolute Gasteiger partial charge is 0.253 e. The predicted molar refractivity (Wildman–Crippen MR) is 102 cm³/mol. The van der Waals surface area contributed by atoms with Crippen LogP contribution in [0, 0.1) is 5.92 Å². The number of aromatic nitrogens is 2. The van der Waals surface area contributed by atoms with Gasteiger partial charge < -0.3 is 10.2 Å². The molecule has 142 valence electrons. The number of hydrogen-bond acceptors (Lipinski definition) is 4. The lowest BCUT2D eigenvalue weighted by Gasteiger charge is -2.30. The van der Waals surface area contributed by atoms with E-state index in [1.807, 2.05) is 30.3 Å². The van der Waals surface area contributed by atoms with Crippen molar-refractivity contribution in [1.82, 2.24) is 19.8 Å². The van der Waals surface area contributed by atoms with Crippen LogP contribution < -0.4 is 10.9 Å². The predicted octanol–water partition coefficient (Wildman–Crippen LogP) is 1.28. The highest BCUT2D eigenvalue weighted by Crippen LogP contribution is 2.17. The molecule has 1 fully saturated rings. The van der Waals surface area contributed by atoms with Crippen LogP contribution in [0.25, 0.3) is 11.3 Å². The molecule has 0 atom stereocenters. The summed E-state index contributed by atoms with van der Waals surface area (Å²) in [7, 11) is 0. The number of piperidine rings is 1. The van der Waals surface area contributed by atoms with Gasteiger partial charge in [0.2, 0.25) is 11.8 Å². The van der Waals surface area contributed by atoms with Crippen molar-refractivity contribution < 1.29 is 9.59 Å². The lowest BCUT2D eigenvalue weighted by molar-refractivity contribution is -0.133. The molecule has 1 N–H and O–H groups in total. The van der Waals surface area contributed by atoms with Crippen LogP contribution in [0.1, 0.15) is 19.8 Å². The Labute approximate surface area is 158 Å². The average molecular weight is 368 g/mol. The number of hydrogen-bond donors (Lipinski definition) is 1. The summed E-state index contributed by atoms with van der Waals surface area (Å²) in [6.07, 6.45) is 2.87. The van der Waals surface area contributed by atoms with Gasteiger partial charge in [-0.2, -0.15) is 0 Å². The normalized spacial score (nSPS) is 14.8. The van der Waals surface area contributed by atoms with Gasteiger partial charge in [0.15, 0.2) is 0 Å². The van der Waals surface area contributed by atoms with Crippen LogP contribution in [0.5, 0.6) is 0 Å². The molecule has 1 saturated heterocycles. The minimum Gasteiger partial charge on any atom is -0.354 e. The maximum Gasteiger partial charge on any atom is 0.253 e. The number of amides is 2. The molecule has 0 unspecified atom stereocenters. The summed E-state index contributed by atoms with van der Waals surface area (Å²) < 4.78 is 1.49. The van der Waals surface area contributed by atoms with Crippen LogP contribution in [0.3, 0.4) is 0 Å². The first-order chi connectivity index (χ1) is 13.0. The second-order valence-corrected chi connectivity index (χ2v) is 6.74. The molecule has 1 aromatic carbocycles. The summed E-state index contributed by atoms with van der Waals surface area (Å²) >= 11 is 0. The Morgan fingerprint density at radius 3 is 2.52 bits per heavy atom. The highest BCUT2D eigenvalue weighted by Gasteiger charge is 2.25. The van der Waals surface area contributed by atoms with Crippen LogP contribution in [0.15, 0.2) is 47.5 Å². The molecule has 1 aromatic heterocycles. The fourth-order valence-corrected chi connectivity index (χ4v) is 3.26. The van der Waals surface area contributed by atoms with E-state index in [9.17, 15) is 14.4 Å². The quantitative estimate of drug-likeness (QED) is 0.862. The number of carbonyl (C=O) groups is 2. The Bertz CT molecular complexity index is 855. The fourth-order valence-electron chi connectivity index (χ4n) is 3.26. The monoisotopic (exact) mass is 368 g/mol. The summed E-state index contributed by atoms with van der Waals surface area (Å²) in [5, 5.41) is 2.89. The highest BCUT2D eigenvalue weighted by molar-refractivity contribution is 5.79. The number of carbonyl (C=O) groups excluding carboxylic acids is 2. The molecule has 7 heteroatoms. The molecule has 3 rings (SSSR count). The van der Waals surface area contributed by atoms with E-state index in [2.05, 4.69) is 10.3 Å². The highest BCUT2D eigenvalue weighted by atomic mass is 16.2. The van der Waals surface area contributed by atoms with E-state index < -0.39 is 0 Å². The second-order valence-electron chi connectivity index (χ2n) is 6.74. The van der Waals surface area contributed by atoms with Crippen LogP contribution in [-0.2, 0) is 16.1 Å². The van der Waals surface area contributed by atoms with Crippen molar-refractivity contribution in [3.8, 4) is 11.3 Å². The molecular formula is C20H24N4O3. The zero-order valence-corrected chi connectivity index (χ0v) is 15.4. The molecule has 0 spiro atoms. The van der Waals surface area contributed by atoms with Gasteiger partial charge in [-0.05, 0) is 12.8 Å². The third-order valence-corrected chi connectivity index (χ3v) is 4.91. The standard InChI is InChI=1S/C20H24N4O3/c1-15(25)23-10-7-17(8-11-23)20(27)21-9-12-24-14-22-18(13-19(24)26)16-5-3-2-4-6-16/h2-6,13-14,17H,7-12H2,1H3,(H,21,27). The molecule has 2 aromatic rings. The fraction of sp³-hybridized carbons (Fsp3) is 0.400. The Morgan fingerprint density at radius 2 is 1.89 bits per heavy atom. The number of likely N-dealkylation sites (tertiary alicyclic amines) is 1. The maximum atomic E-state index is 12.3. The Hall–Kier alpha value is -2.96. The van der Waals surface area contributed by atoms with Crippen LogP contribution >= 0.6 is 0 Å². The summed E-state index contributed by atoms with van der Waals surface area (Å²) in [6.45, 7) is 3.54. The van der Waals surface area contributed by atoms with Crippen molar-refractivity contribution in [2.45, 2.75) is 26.3 Å². The molecule has 2 heterocycles. The van der Waals surface area contributed by atoms with Gasteiger partial charge in [0.05, 0.1) is 12.0 Å². The summed E-state index contributed by atoms with van der Waals surface area (Å²) in [6, 6.07) is 11.0. The first-order valence-electron chi connectivity index (χ1n) is 9.20. The van der Waals surface area contributed by atoms with Gasteiger partial charge in [0.1, 0.15) is 0 Å². The van der Waals surface area contributed by atoms with Crippen molar-refractivity contribution in [1.29, 1.82) is 0 Å². The minimum atomic E-state index is -0.145. The summed E-state index contributed by atoms with van der Waals surface area (Å²) in [5.74, 6) is -0.0318. The minimum absolute atomic E-state index is 0.0138. The number of rotatable bonds is 5. The van der Waals surface area contributed by atoms with Gasteiger partial charge in [-0.25, -0.2) is 4.98 Å². The zero-order valence-electron chi connectivity index (χ0n) is 15.4. The topological polar surface area (TPSA) is 84.3 Å². The molecule has 2 amide bonds. The second kappa shape index (κ2) is 8.62. The van der Waals surface area contributed by atoms with Crippen molar-refractivity contribution >= 4 is 11.8 Å². The molecule has 0 saturated carbocycles. The summed E-state index contributed by atoms with van der Waals surface area (Å²) in [5.41, 5.74) is 1.39. The largest absolute Gasteiger partial charge is 0.354 e. The first-order valence-corrected chi connectivity index (χ1v) is 9.20. The molecule has 1 aliphatic rings. The SMILES string of the molecule is CC(=O)N1CCC(C(=O)NCCn2cnc(-c3ccccc3)cc2=O)CC1. The van der Waals surface area contributed by atoms with E-state index in [0.29, 0.717) is 44.7 Å². The molecular weight excluding hydrogens is 344 g/mol.